The Morgan fingerprint density at radius 3 is 2.21 bits per heavy atom. The van der Waals surface area contributed by atoms with Gasteiger partial charge >= 0.3 is 0 Å². The van der Waals surface area contributed by atoms with Crippen molar-refractivity contribution in [2.45, 2.75) is 13.8 Å². The molecule has 2 aromatic heterocycles. The Kier molecular flexibility index (Phi) is 3.69. The molecule has 0 radical (unpaired) electrons. The quantitative estimate of drug-likeness (QED) is 0.340. The molecular formula is C25H19NO2. The van der Waals surface area contributed by atoms with Gasteiger partial charge < -0.3 is 8.98 Å². The summed E-state index contributed by atoms with van der Waals surface area (Å²) in [5.74, 6) is 0.0601. The zero-order chi connectivity index (χ0) is 19.3. The molecule has 28 heavy (non-hydrogen) atoms. The standard InChI is InChI=1S/C25H19NO2/c1-16-23(17(2)27)25-21(26(16)19-11-7-4-8-12-19)13-14-22-24(25)20(15-28-22)18-9-5-3-6-10-18/h3-15H,1-2H3. The van der Waals surface area contributed by atoms with Gasteiger partial charge in [0.05, 0.1) is 11.8 Å². The van der Waals surface area contributed by atoms with Gasteiger partial charge in [0.15, 0.2) is 5.78 Å². The third-order valence-corrected chi connectivity index (χ3v) is 5.36. The smallest absolute Gasteiger partial charge is 0.162 e. The van der Waals surface area contributed by atoms with Crippen molar-refractivity contribution in [2.75, 3.05) is 0 Å². The van der Waals surface area contributed by atoms with Gasteiger partial charge in [-0.2, -0.15) is 0 Å². The maximum atomic E-state index is 12.7. The Morgan fingerprint density at radius 1 is 0.857 bits per heavy atom. The Morgan fingerprint density at radius 2 is 1.54 bits per heavy atom. The first-order chi connectivity index (χ1) is 13.7. The number of carbonyl (C=O) groups is 1. The van der Waals surface area contributed by atoms with Crippen molar-refractivity contribution in [2.24, 2.45) is 0 Å². The minimum atomic E-state index is 0.0601. The summed E-state index contributed by atoms with van der Waals surface area (Å²) >= 11 is 0. The highest BCUT2D eigenvalue weighted by atomic mass is 16.3. The van der Waals surface area contributed by atoms with Gasteiger partial charge in [0.25, 0.3) is 0 Å². The summed E-state index contributed by atoms with van der Waals surface area (Å²) < 4.78 is 8.04. The number of carbonyl (C=O) groups excluding carboxylic acids is 1. The molecule has 0 bridgehead atoms. The second kappa shape index (κ2) is 6.24. The SMILES string of the molecule is CC(=O)c1c(C)n(-c2ccccc2)c2ccc3occ(-c4ccccc4)c3c12. The summed E-state index contributed by atoms with van der Waals surface area (Å²) in [5.41, 5.74) is 6.63. The first-order valence-electron chi connectivity index (χ1n) is 9.34. The van der Waals surface area contributed by atoms with Crippen molar-refractivity contribution in [1.29, 1.82) is 0 Å². The number of Topliss-reactive ketones (excluding diaryl/α,β-unsaturated/α-hetero) is 1. The maximum absolute atomic E-state index is 12.7. The largest absolute Gasteiger partial charge is 0.464 e. The van der Waals surface area contributed by atoms with Crippen molar-refractivity contribution in [3.05, 3.63) is 90.3 Å². The van der Waals surface area contributed by atoms with E-state index in [1.54, 1.807) is 13.2 Å². The molecule has 2 heterocycles. The molecule has 0 saturated heterocycles. The molecule has 3 nitrogen and oxygen atoms in total. The first kappa shape index (κ1) is 16.6. The predicted molar refractivity (Wildman–Crippen MR) is 113 cm³/mol. The fourth-order valence-electron chi connectivity index (χ4n) is 4.20. The second-order valence-corrected chi connectivity index (χ2v) is 7.04. The summed E-state index contributed by atoms with van der Waals surface area (Å²) in [7, 11) is 0. The lowest BCUT2D eigenvalue weighted by Gasteiger charge is -2.08. The van der Waals surface area contributed by atoms with Crippen molar-refractivity contribution >= 4 is 27.7 Å². The molecule has 5 rings (SSSR count). The lowest BCUT2D eigenvalue weighted by atomic mass is 9.98. The molecule has 5 aromatic rings. The molecule has 0 atom stereocenters. The molecular weight excluding hydrogens is 346 g/mol. The summed E-state index contributed by atoms with van der Waals surface area (Å²) in [4.78, 5) is 12.7. The van der Waals surface area contributed by atoms with E-state index in [-0.39, 0.29) is 5.78 Å². The van der Waals surface area contributed by atoms with Crippen LogP contribution in [0.4, 0.5) is 0 Å². The number of hydrogen-bond donors (Lipinski definition) is 0. The van der Waals surface area contributed by atoms with Crippen LogP contribution in [0.5, 0.6) is 0 Å². The van der Waals surface area contributed by atoms with Crippen LogP contribution in [0.15, 0.2) is 83.5 Å². The molecule has 0 fully saturated rings. The molecule has 136 valence electrons. The van der Waals surface area contributed by atoms with E-state index < -0.39 is 0 Å². The number of aromatic nitrogens is 1. The van der Waals surface area contributed by atoms with Gasteiger partial charge in [-0.1, -0.05) is 48.5 Å². The molecule has 0 amide bonds. The number of furan rings is 1. The van der Waals surface area contributed by atoms with Gasteiger partial charge in [0.1, 0.15) is 5.58 Å². The highest BCUT2D eigenvalue weighted by molar-refractivity contribution is 6.21. The van der Waals surface area contributed by atoms with E-state index in [0.29, 0.717) is 0 Å². The van der Waals surface area contributed by atoms with Crippen molar-refractivity contribution < 1.29 is 9.21 Å². The normalized spacial score (nSPS) is 11.4. The van der Waals surface area contributed by atoms with Crippen LogP contribution in [-0.4, -0.2) is 10.4 Å². The van der Waals surface area contributed by atoms with Gasteiger partial charge in [-0.15, -0.1) is 0 Å². The Labute approximate surface area is 162 Å². The minimum Gasteiger partial charge on any atom is -0.464 e. The fourth-order valence-corrected chi connectivity index (χ4v) is 4.20. The second-order valence-electron chi connectivity index (χ2n) is 7.04. The zero-order valence-corrected chi connectivity index (χ0v) is 15.8. The number of nitrogens with zero attached hydrogens (tertiary/aromatic N) is 1. The highest BCUT2D eigenvalue weighted by Gasteiger charge is 2.23. The van der Waals surface area contributed by atoms with Crippen LogP contribution in [0.25, 0.3) is 38.7 Å². The maximum Gasteiger partial charge on any atom is 0.162 e. The molecule has 0 spiro atoms. The van der Waals surface area contributed by atoms with Crippen LogP contribution in [0.3, 0.4) is 0 Å². The molecule has 0 unspecified atom stereocenters. The summed E-state index contributed by atoms with van der Waals surface area (Å²) in [6, 6.07) is 24.4. The van der Waals surface area contributed by atoms with Crippen molar-refractivity contribution in [1.82, 2.24) is 4.57 Å². The van der Waals surface area contributed by atoms with E-state index in [9.17, 15) is 4.79 Å². The van der Waals surface area contributed by atoms with Crippen molar-refractivity contribution in [3.8, 4) is 16.8 Å². The van der Waals surface area contributed by atoms with E-state index >= 15 is 0 Å². The zero-order valence-electron chi connectivity index (χ0n) is 15.8. The van der Waals surface area contributed by atoms with Gasteiger partial charge in [0.2, 0.25) is 0 Å². The summed E-state index contributed by atoms with van der Waals surface area (Å²) in [5, 5.41) is 1.95. The van der Waals surface area contributed by atoms with Gasteiger partial charge in [0, 0.05) is 33.3 Å². The molecule has 3 heteroatoms. The number of ketones is 1. The lowest BCUT2D eigenvalue weighted by Crippen LogP contribution is -1.99. The monoisotopic (exact) mass is 365 g/mol. The van der Waals surface area contributed by atoms with E-state index in [2.05, 4.69) is 28.8 Å². The molecule has 0 N–H and O–H groups in total. The van der Waals surface area contributed by atoms with Crippen LogP contribution < -0.4 is 0 Å². The van der Waals surface area contributed by atoms with E-state index in [1.807, 2.05) is 55.5 Å². The van der Waals surface area contributed by atoms with Crippen LogP contribution in [0.1, 0.15) is 23.0 Å². The van der Waals surface area contributed by atoms with Gasteiger partial charge in [-0.05, 0) is 43.7 Å². The summed E-state index contributed by atoms with van der Waals surface area (Å²) in [6.07, 6.45) is 1.79. The third-order valence-electron chi connectivity index (χ3n) is 5.36. The molecule has 0 aliphatic carbocycles. The topological polar surface area (TPSA) is 35.1 Å². The number of rotatable bonds is 3. The van der Waals surface area contributed by atoms with E-state index in [0.717, 1.165) is 49.9 Å². The third kappa shape index (κ3) is 2.33. The Hall–Kier alpha value is -3.59. The van der Waals surface area contributed by atoms with Crippen molar-refractivity contribution in [3.63, 3.8) is 0 Å². The summed E-state index contributed by atoms with van der Waals surface area (Å²) in [6.45, 7) is 3.65. The fraction of sp³-hybridized carbons (Fsp3) is 0.0800. The van der Waals surface area contributed by atoms with Gasteiger partial charge in [-0.3, -0.25) is 4.79 Å². The molecule has 0 saturated carbocycles. The Bertz CT molecular complexity index is 1330. The van der Waals surface area contributed by atoms with Crippen LogP contribution in [0, 0.1) is 6.92 Å². The predicted octanol–water partition coefficient (Wildman–Crippen LogP) is 6.55. The average molecular weight is 365 g/mol. The van der Waals surface area contributed by atoms with Crippen LogP contribution in [0.2, 0.25) is 0 Å². The lowest BCUT2D eigenvalue weighted by molar-refractivity contribution is 0.101. The van der Waals surface area contributed by atoms with E-state index in [4.69, 9.17) is 4.42 Å². The van der Waals surface area contributed by atoms with E-state index in [1.165, 1.54) is 0 Å². The first-order valence-corrected chi connectivity index (χ1v) is 9.34. The van der Waals surface area contributed by atoms with Gasteiger partial charge in [-0.25, -0.2) is 0 Å². The minimum absolute atomic E-state index is 0.0601. The van der Waals surface area contributed by atoms with Crippen LogP contribution >= 0.6 is 0 Å². The average Bonchev–Trinajstić information content (AvgIpc) is 3.27. The number of benzene rings is 3. The number of para-hydroxylation sites is 1. The van der Waals surface area contributed by atoms with Crippen LogP contribution in [-0.2, 0) is 0 Å². The molecule has 0 aliphatic rings. The molecule has 3 aromatic carbocycles. The number of hydrogen-bond acceptors (Lipinski definition) is 2. The highest BCUT2D eigenvalue weighted by Crippen LogP contribution is 2.40. The molecule has 0 aliphatic heterocycles. The number of fused-ring (bicyclic) bond motifs is 3. The Balaban J connectivity index is 1.97.